The summed E-state index contributed by atoms with van der Waals surface area (Å²) in [5.41, 5.74) is 2.31. The summed E-state index contributed by atoms with van der Waals surface area (Å²) >= 11 is 0. The zero-order chi connectivity index (χ0) is 17.7. The Balaban J connectivity index is 2.17. The molecule has 0 aliphatic rings. The molecule has 0 aromatic heterocycles. The van der Waals surface area contributed by atoms with Crippen LogP contribution in [0.25, 0.3) is 11.1 Å². The van der Waals surface area contributed by atoms with E-state index in [2.05, 4.69) is 5.32 Å². The Morgan fingerprint density at radius 1 is 1.12 bits per heavy atom. The molecule has 0 radical (unpaired) electrons. The predicted octanol–water partition coefficient (Wildman–Crippen LogP) is 3.38. The number of carbonyl (C=O) groups is 1. The van der Waals surface area contributed by atoms with Gasteiger partial charge in [-0.3, -0.25) is 4.79 Å². The van der Waals surface area contributed by atoms with E-state index in [1.807, 2.05) is 32.0 Å². The van der Waals surface area contributed by atoms with Gasteiger partial charge in [-0.2, -0.15) is 0 Å². The maximum atomic E-state index is 12.0. The zero-order valence-corrected chi connectivity index (χ0v) is 14.6. The number of sulfonamides is 1. The molecule has 5 nitrogen and oxygen atoms in total. The van der Waals surface area contributed by atoms with Crippen LogP contribution in [0.3, 0.4) is 0 Å². The number of nitrogens with one attached hydrogen (secondary N) is 1. The maximum Gasteiger partial charge on any atom is 0.238 e. The highest BCUT2D eigenvalue weighted by Gasteiger charge is 2.12. The van der Waals surface area contributed by atoms with E-state index in [0.29, 0.717) is 5.69 Å². The van der Waals surface area contributed by atoms with E-state index in [4.69, 9.17) is 5.14 Å². The number of anilines is 1. The lowest BCUT2D eigenvalue weighted by Crippen LogP contribution is -2.20. The lowest BCUT2D eigenvalue weighted by atomic mass is 10.0. The average Bonchev–Trinajstić information content (AvgIpc) is 2.55. The molecule has 2 rings (SSSR count). The molecule has 2 aromatic carbocycles. The van der Waals surface area contributed by atoms with Crippen LogP contribution in [0.2, 0.25) is 0 Å². The van der Waals surface area contributed by atoms with Gasteiger partial charge in [-0.25, -0.2) is 13.6 Å². The van der Waals surface area contributed by atoms with E-state index >= 15 is 0 Å². The first-order chi connectivity index (χ1) is 11.3. The quantitative estimate of drug-likeness (QED) is 0.840. The fourth-order valence-corrected chi connectivity index (χ4v) is 2.99. The van der Waals surface area contributed by atoms with Gasteiger partial charge in [0.1, 0.15) is 0 Å². The molecule has 1 unspecified atom stereocenters. The predicted molar refractivity (Wildman–Crippen MR) is 96.0 cm³/mol. The number of hydrogen-bond donors (Lipinski definition) is 2. The lowest BCUT2D eigenvalue weighted by Gasteiger charge is -2.11. The summed E-state index contributed by atoms with van der Waals surface area (Å²) in [7, 11) is -3.73. The fraction of sp³-hybridized carbons (Fsp3) is 0.278. The van der Waals surface area contributed by atoms with Crippen molar-refractivity contribution in [1.29, 1.82) is 0 Å². The minimum Gasteiger partial charge on any atom is -0.326 e. The molecule has 1 amide bonds. The van der Waals surface area contributed by atoms with Gasteiger partial charge in [-0.1, -0.05) is 44.5 Å². The maximum absolute atomic E-state index is 12.0. The Labute approximate surface area is 142 Å². The van der Waals surface area contributed by atoms with E-state index < -0.39 is 10.0 Å². The third kappa shape index (κ3) is 4.66. The van der Waals surface area contributed by atoms with Crippen molar-refractivity contribution < 1.29 is 13.2 Å². The smallest absolute Gasteiger partial charge is 0.238 e. The molecule has 0 aliphatic heterocycles. The molecule has 0 fully saturated rings. The lowest BCUT2D eigenvalue weighted by molar-refractivity contribution is -0.119. The zero-order valence-electron chi connectivity index (χ0n) is 13.8. The van der Waals surface area contributed by atoms with Crippen LogP contribution in [0.4, 0.5) is 5.69 Å². The highest BCUT2D eigenvalue weighted by molar-refractivity contribution is 7.89. The summed E-state index contributed by atoms with van der Waals surface area (Å²) in [5.74, 6) is -0.0260. The Morgan fingerprint density at radius 3 is 2.38 bits per heavy atom. The molecule has 0 spiro atoms. The van der Waals surface area contributed by atoms with Crippen molar-refractivity contribution in [3.63, 3.8) is 0 Å². The van der Waals surface area contributed by atoms with Gasteiger partial charge in [-0.05, 0) is 41.8 Å². The Morgan fingerprint density at radius 2 is 1.79 bits per heavy atom. The van der Waals surface area contributed by atoms with Gasteiger partial charge in [-0.15, -0.1) is 0 Å². The standard InChI is InChI=1S/C18H22N2O3S/c1-3-5-13(2)18(21)20-16-10-8-14(9-11-16)15-6-4-7-17(12-15)24(19,22)23/h4,6-13H,3,5H2,1-2H3,(H,20,21)(H2,19,22,23). The van der Waals surface area contributed by atoms with Gasteiger partial charge < -0.3 is 5.32 Å². The van der Waals surface area contributed by atoms with Crippen LogP contribution in [0, 0.1) is 5.92 Å². The minimum atomic E-state index is -3.73. The molecule has 2 aromatic rings. The number of benzene rings is 2. The highest BCUT2D eigenvalue weighted by Crippen LogP contribution is 2.24. The molecule has 1 atom stereocenters. The van der Waals surface area contributed by atoms with E-state index in [-0.39, 0.29) is 16.7 Å². The SMILES string of the molecule is CCCC(C)C(=O)Nc1ccc(-c2cccc(S(N)(=O)=O)c2)cc1. The molecule has 0 aliphatic carbocycles. The highest BCUT2D eigenvalue weighted by atomic mass is 32.2. The monoisotopic (exact) mass is 346 g/mol. The molecular weight excluding hydrogens is 324 g/mol. The summed E-state index contributed by atoms with van der Waals surface area (Å²) in [6.07, 6.45) is 1.82. The number of nitrogens with two attached hydrogens (primary N) is 1. The minimum absolute atomic E-state index is 0.000762. The number of rotatable bonds is 6. The summed E-state index contributed by atoms with van der Waals surface area (Å²) < 4.78 is 22.9. The van der Waals surface area contributed by atoms with Crippen LogP contribution in [-0.2, 0) is 14.8 Å². The van der Waals surface area contributed by atoms with Crippen LogP contribution in [0.15, 0.2) is 53.4 Å². The molecule has 6 heteroatoms. The van der Waals surface area contributed by atoms with Crippen LogP contribution in [-0.4, -0.2) is 14.3 Å². The van der Waals surface area contributed by atoms with Crippen LogP contribution < -0.4 is 10.5 Å². The normalized spacial score (nSPS) is 12.6. The van der Waals surface area contributed by atoms with Crippen molar-refractivity contribution in [3.8, 4) is 11.1 Å². The first-order valence-electron chi connectivity index (χ1n) is 7.85. The second-order valence-electron chi connectivity index (χ2n) is 5.83. The van der Waals surface area contributed by atoms with E-state index in [9.17, 15) is 13.2 Å². The topological polar surface area (TPSA) is 89.3 Å². The van der Waals surface area contributed by atoms with Gasteiger partial charge in [0, 0.05) is 11.6 Å². The number of carbonyl (C=O) groups excluding carboxylic acids is 1. The summed E-state index contributed by atoms with van der Waals surface area (Å²) in [5, 5.41) is 8.05. The van der Waals surface area contributed by atoms with E-state index in [0.717, 1.165) is 24.0 Å². The third-order valence-electron chi connectivity index (χ3n) is 3.82. The molecule has 0 bridgehead atoms. The summed E-state index contributed by atoms with van der Waals surface area (Å²) in [6, 6.07) is 13.7. The average molecular weight is 346 g/mol. The Hall–Kier alpha value is -2.18. The van der Waals surface area contributed by atoms with Crippen molar-refractivity contribution in [2.24, 2.45) is 11.1 Å². The van der Waals surface area contributed by atoms with Gasteiger partial charge in [0.05, 0.1) is 4.90 Å². The molecule has 128 valence electrons. The van der Waals surface area contributed by atoms with Crippen molar-refractivity contribution in [2.75, 3.05) is 5.32 Å². The van der Waals surface area contributed by atoms with Gasteiger partial charge in [0.15, 0.2) is 0 Å². The summed E-state index contributed by atoms with van der Waals surface area (Å²) in [6.45, 7) is 3.96. The molecule has 24 heavy (non-hydrogen) atoms. The van der Waals surface area contributed by atoms with E-state index in [1.165, 1.54) is 12.1 Å². The van der Waals surface area contributed by atoms with Gasteiger partial charge in [0.2, 0.25) is 15.9 Å². The molecular formula is C18H22N2O3S. The largest absolute Gasteiger partial charge is 0.326 e. The Bertz CT molecular complexity index is 814. The molecule has 0 heterocycles. The second kappa shape index (κ2) is 7.59. The third-order valence-corrected chi connectivity index (χ3v) is 4.73. The molecule has 3 N–H and O–H groups in total. The van der Waals surface area contributed by atoms with Crippen LogP contribution in [0.5, 0.6) is 0 Å². The van der Waals surface area contributed by atoms with Crippen molar-refractivity contribution in [1.82, 2.24) is 0 Å². The fourth-order valence-electron chi connectivity index (χ4n) is 2.43. The first-order valence-corrected chi connectivity index (χ1v) is 9.40. The van der Waals surface area contributed by atoms with Crippen LogP contribution >= 0.6 is 0 Å². The van der Waals surface area contributed by atoms with Crippen molar-refractivity contribution >= 4 is 21.6 Å². The second-order valence-corrected chi connectivity index (χ2v) is 7.39. The van der Waals surface area contributed by atoms with E-state index in [1.54, 1.807) is 18.2 Å². The van der Waals surface area contributed by atoms with Crippen molar-refractivity contribution in [3.05, 3.63) is 48.5 Å². The summed E-state index contributed by atoms with van der Waals surface area (Å²) in [4.78, 5) is 12.1. The number of hydrogen-bond acceptors (Lipinski definition) is 3. The Kier molecular flexibility index (Phi) is 5.75. The van der Waals surface area contributed by atoms with Gasteiger partial charge in [0.25, 0.3) is 0 Å². The van der Waals surface area contributed by atoms with Crippen molar-refractivity contribution in [2.45, 2.75) is 31.6 Å². The number of primary sulfonamides is 1. The molecule has 0 saturated heterocycles. The van der Waals surface area contributed by atoms with Gasteiger partial charge >= 0.3 is 0 Å². The first kappa shape index (κ1) is 18.2. The van der Waals surface area contributed by atoms with Crippen LogP contribution in [0.1, 0.15) is 26.7 Å². The number of amides is 1. The molecule has 0 saturated carbocycles.